The van der Waals surface area contributed by atoms with Crippen LogP contribution in [0.3, 0.4) is 0 Å². The standard InChI is InChI=1S/C15H29N3S6/c19-13(20)16-9-5-1-3-7-11-18(15(23)24)12-8-4-2-6-10-17-14(21)22/h1-12H2,(H,23,24)(H2,16,19,20)(H2,17,21,22). The van der Waals surface area contributed by atoms with Crippen LogP contribution < -0.4 is 10.6 Å². The molecule has 0 atom stereocenters. The van der Waals surface area contributed by atoms with Gasteiger partial charge in [0.2, 0.25) is 0 Å². The van der Waals surface area contributed by atoms with Gasteiger partial charge in [-0.2, -0.15) is 0 Å². The van der Waals surface area contributed by atoms with Gasteiger partial charge >= 0.3 is 0 Å². The van der Waals surface area contributed by atoms with Gasteiger partial charge in [0, 0.05) is 26.2 Å². The molecule has 0 aromatic rings. The van der Waals surface area contributed by atoms with Crippen molar-refractivity contribution >= 4 is 87.5 Å². The Morgan fingerprint density at radius 1 is 0.625 bits per heavy atom. The van der Waals surface area contributed by atoms with Gasteiger partial charge in [0.1, 0.15) is 13.0 Å². The number of hydrogen-bond acceptors (Lipinski definition) is 3. The Morgan fingerprint density at radius 2 is 1.00 bits per heavy atom. The Labute approximate surface area is 179 Å². The average molecular weight is 444 g/mol. The Balaban J connectivity index is 3.59. The second-order valence-electron chi connectivity index (χ2n) is 5.56. The molecule has 0 aromatic heterocycles. The summed E-state index contributed by atoms with van der Waals surface area (Å²) >= 11 is 27.4. The fourth-order valence-corrected chi connectivity index (χ4v) is 3.07. The number of nitrogens with one attached hydrogen (secondary N) is 2. The van der Waals surface area contributed by atoms with E-state index in [0.717, 1.165) is 51.9 Å². The summed E-state index contributed by atoms with van der Waals surface area (Å²) < 4.78 is 1.86. The Hall–Kier alpha value is 0.720. The van der Waals surface area contributed by atoms with Crippen LogP contribution in [0.1, 0.15) is 51.4 Å². The molecule has 9 heteroatoms. The number of nitrogens with zero attached hydrogens (tertiary/aromatic N) is 1. The highest BCUT2D eigenvalue weighted by molar-refractivity contribution is 8.11. The maximum absolute atomic E-state index is 5.24. The molecule has 140 valence electrons. The largest absolute Gasteiger partial charge is 0.371 e. The summed E-state index contributed by atoms with van der Waals surface area (Å²) in [6.45, 7) is 3.81. The van der Waals surface area contributed by atoms with Gasteiger partial charge in [0.15, 0.2) is 0 Å². The third-order valence-electron chi connectivity index (χ3n) is 3.53. The summed E-state index contributed by atoms with van der Waals surface area (Å²) in [6, 6.07) is 0. The predicted octanol–water partition coefficient (Wildman–Crippen LogP) is 4.23. The molecule has 0 bridgehead atoms. The van der Waals surface area contributed by atoms with Crippen LogP contribution in [0, 0.1) is 0 Å². The van der Waals surface area contributed by atoms with E-state index in [9.17, 15) is 0 Å². The first-order valence-corrected chi connectivity index (χ1v) is 10.9. The van der Waals surface area contributed by atoms with E-state index in [1.807, 2.05) is 0 Å². The molecule has 0 aliphatic heterocycles. The van der Waals surface area contributed by atoms with E-state index in [4.69, 9.17) is 36.7 Å². The summed E-state index contributed by atoms with van der Waals surface area (Å²) in [5.41, 5.74) is 0. The molecule has 0 rings (SSSR count). The van der Waals surface area contributed by atoms with Crippen molar-refractivity contribution in [2.24, 2.45) is 0 Å². The summed E-state index contributed by atoms with van der Waals surface area (Å²) in [6.07, 6.45) is 9.32. The first kappa shape index (κ1) is 24.7. The van der Waals surface area contributed by atoms with Crippen LogP contribution in [0.2, 0.25) is 0 Å². The van der Waals surface area contributed by atoms with Gasteiger partial charge in [-0.25, -0.2) is 0 Å². The SMILES string of the molecule is S=C(S)NCCCCCCN(CCCCCCNC(=S)S)C(=S)S. The third-order valence-corrected chi connectivity index (χ3v) is 4.68. The minimum absolute atomic E-state index is 0.575. The summed E-state index contributed by atoms with van der Waals surface area (Å²) in [7, 11) is 0. The number of unbranched alkanes of at least 4 members (excludes halogenated alkanes) is 6. The lowest BCUT2D eigenvalue weighted by atomic mass is 10.1. The lowest BCUT2D eigenvalue weighted by Gasteiger charge is -2.22. The molecule has 0 fully saturated rings. The molecule has 0 heterocycles. The summed E-state index contributed by atoms with van der Waals surface area (Å²) in [5, 5.41) is 6.11. The van der Waals surface area contributed by atoms with E-state index in [1.165, 1.54) is 25.7 Å². The van der Waals surface area contributed by atoms with Crippen molar-refractivity contribution in [1.82, 2.24) is 15.5 Å². The fraction of sp³-hybridized carbons (Fsp3) is 0.800. The summed E-state index contributed by atoms with van der Waals surface area (Å²) in [5.74, 6) is 0. The molecule has 0 amide bonds. The highest BCUT2D eigenvalue weighted by Crippen LogP contribution is 2.08. The number of thiocarbonyl (C=S) groups is 3. The van der Waals surface area contributed by atoms with E-state index < -0.39 is 0 Å². The maximum atomic E-state index is 5.24. The van der Waals surface area contributed by atoms with E-state index >= 15 is 0 Å². The van der Waals surface area contributed by atoms with Crippen molar-refractivity contribution in [2.45, 2.75) is 51.4 Å². The van der Waals surface area contributed by atoms with Crippen molar-refractivity contribution in [3.8, 4) is 0 Å². The fourth-order valence-electron chi connectivity index (χ4n) is 2.26. The maximum Gasteiger partial charge on any atom is 0.133 e. The van der Waals surface area contributed by atoms with Crippen molar-refractivity contribution in [2.75, 3.05) is 26.2 Å². The van der Waals surface area contributed by atoms with Crippen LogP contribution in [-0.4, -0.2) is 44.0 Å². The molecule has 0 aromatic carbocycles. The van der Waals surface area contributed by atoms with Crippen molar-refractivity contribution in [1.29, 1.82) is 0 Å². The van der Waals surface area contributed by atoms with E-state index in [1.54, 1.807) is 0 Å². The zero-order valence-corrected chi connectivity index (χ0v) is 19.1. The zero-order chi connectivity index (χ0) is 18.2. The lowest BCUT2D eigenvalue weighted by molar-refractivity contribution is 0.397. The third kappa shape index (κ3) is 17.5. The molecule has 2 N–H and O–H groups in total. The molecule has 0 radical (unpaired) electrons. The molecule has 24 heavy (non-hydrogen) atoms. The normalized spacial score (nSPS) is 10.3. The molecule has 0 saturated heterocycles. The number of rotatable bonds is 14. The van der Waals surface area contributed by atoms with Crippen molar-refractivity contribution in [3.63, 3.8) is 0 Å². The smallest absolute Gasteiger partial charge is 0.133 e. The Bertz CT molecular complexity index is 350. The average Bonchev–Trinajstić information content (AvgIpc) is 2.50. The van der Waals surface area contributed by atoms with Gasteiger partial charge in [-0.1, -0.05) is 62.3 Å². The summed E-state index contributed by atoms with van der Waals surface area (Å²) in [4.78, 5) is 2.21. The van der Waals surface area contributed by atoms with Crippen molar-refractivity contribution in [3.05, 3.63) is 0 Å². The van der Waals surface area contributed by atoms with Gasteiger partial charge in [0.05, 0.1) is 0 Å². The monoisotopic (exact) mass is 443 g/mol. The van der Waals surface area contributed by atoms with Crippen molar-refractivity contribution < 1.29 is 0 Å². The highest BCUT2D eigenvalue weighted by Gasteiger charge is 2.05. The van der Waals surface area contributed by atoms with Gasteiger partial charge in [0.25, 0.3) is 0 Å². The molecule has 3 nitrogen and oxygen atoms in total. The van der Waals surface area contributed by atoms with Crippen LogP contribution in [0.4, 0.5) is 0 Å². The van der Waals surface area contributed by atoms with Gasteiger partial charge in [-0.3, -0.25) is 0 Å². The second-order valence-corrected chi connectivity index (χ2v) is 8.99. The second kappa shape index (κ2) is 17.1. The highest BCUT2D eigenvalue weighted by atomic mass is 32.1. The van der Waals surface area contributed by atoms with E-state index in [0.29, 0.717) is 13.0 Å². The molecule has 0 saturated carbocycles. The molecular weight excluding hydrogens is 415 g/mol. The first-order chi connectivity index (χ1) is 11.4. The molecule has 0 aliphatic rings. The molecule has 0 unspecified atom stereocenters. The van der Waals surface area contributed by atoms with Gasteiger partial charge in [-0.05, 0) is 25.7 Å². The van der Waals surface area contributed by atoms with Crippen LogP contribution in [0.5, 0.6) is 0 Å². The Morgan fingerprint density at radius 3 is 1.33 bits per heavy atom. The van der Waals surface area contributed by atoms with Crippen LogP contribution >= 0.6 is 74.5 Å². The van der Waals surface area contributed by atoms with Crippen LogP contribution in [-0.2, 0) is 0 Å². The lowest BCUT2D eigenvalue weighted by Crippen LogP contribution is -2.28. The Kier molecular flexibility index (Phi) is 17.7. The molecule has 0 aliphatic carbocycles. The molecule has 0 spiro atoms. The van der Waals surface area contributed by atoms with E-state index in [2.05, 4.69) is 53.4 Å². The van der Waals surface area contributed by atoms with E-state index in [-0.39, 0.29) is 0 Å². The quantitative estimate of drug-likeness (QED) is 0.157. The topological polar surface area (TPSA) is 27.3 Å². The zero-order valence-electron chi connectivity index (χ0n) is 14.0. The first-order valence-electron chi connectivity index (χ1n) is 8.35. The number of hydrogen-bond donors (Lipinski definition) is 5. The predicted molar refractivity (Wildman–Crippen MR) is 129 cm³/mol. The molecular formula is C15H29N3S6. The minimum atomic E-state index is 0.575. The van der Waals surface area contributed by atoms with Gasteiger partial charge in [-0.15, -0.1) is 37.9 Å². The number of thiol groups is 3. The minimum Gasteiger partial charge on any atom is -0.371 e. The van der Waals surface area contributed by atoms with Crippen LogP contribution in [0.15, 0.2) is 0 Å². The van der Waals surface area contributed by atoms with Gasteiger partial charge < -0.3 is 15.5 Å². The van der Waals surface area contributed by atoms with Crippen LogP contribution in [0.25, 0.3) is 0 Å².